The van der Waals surface area contributed by atoms with Crippen molar-refractivity contribution in [3.63, 3.8) is 0 Å². The van der Waals surface area contributed by atoms with E-state index in [0.717, 1.165) is 15.8 Å². The van der Waals surface area contributed by atoms with Crippen LogP contribution in [0.4, 0.5) is 5.82 Å². The molecule has 2 heterocycles. The highest BCUT2D eigenvalue weighted by Crippen LogP contribution is 2.27. The van der Waals surface area contributed by atoms with Gasteiger partial charge in [-0.15, -0.1) is 16.4 Å². The fraction of sp³-hybridized carbons (Fsp3) is 0.143. The average molecular weight is 180 g/mol. The van der Waals surface area contributed by atoms with Gasteiger partial charge in [-0.3, -0.25) is 0 Å². The summed E-state index contributed by atoms with van der Waals surface area (Å²) in [5, 5.41) is 11.0. The number of rotatable bonds is 1. The lowest BCUT2D eigenvalue weighted by atomic mass is 10.3. The van der Waals surface area contributed by atoms with Crippen molar-refractivity contribution in [2.24, 2.45) is 5.84 Å². The molecule has 0 bridgehead atoms. The van der Waals surface area contributed by atoms with Crippen LogP contribution in [0.2, 0.25) is 0 Å². The van der Waals surface area contributed by atoms with Crippen LogP contribution in [0.3, 0.4) is 0 Å². The van der Waals surface area contributed by atoms with Gasteiger partial charge in [0, 0.05) is 5.39 Å². The molecule has 0 spiro atoms. The maximum atomic E-state index is 5.28. The van der Waals surface area contributed by atoms with Gasteiger partial charge in [-0.25, -0.2) is 5.84 Å². The van der Waals surface area contributed by atoms with E-state index in [-0.39, 0.29) is 0 Å². The lowest BCUT2D eigenvalue weighted by Crippen LogP contribution is -2.09. The SMILES string of the molecule is Cc1nnc(NN)c2sccc12. The van der Waals surface area contributed by atoms with E-state index in [1.165, 1.54) is 0 Å². The molecule has 62 valence electrons. The van der Waals surface area contributed by atoms with Gasteiger partial charge in [-0.1, -0.05) is 0 Å². The number of thiophene rings is 1. The molecule has 0 aliphatic rings. The minimum absolute atomic E-state index is 0.644. The van der Waals surface area contributed by atoms with Gasteiger partial charge in [0.05, 0.1) is 10.4 Å². The summed E-state index contributed by atoms with van der Waals surface area (Å²) < 4.78 is 1.06. The zero-order chi connectivity index (χ0) is 8.55. The van der Waals surface area contributed by atoms with E-state index in [9.17, 15) is 0 Å². The third kappa shape index (κ3) is 0.945. The Bertz CT molecular complexity index is 409. The second-order valence-electron chi connectivity index (χ2n) is 2.44. The zero-order valence-corrected chi connectivity index (χ0v) is 7.35. The summed E-state index contributed by atoms with van der Waals surface area (Å²) in [4.78, 5) is 0. The number of hydrogen-bond acceptors (Lipinski definition) is 5. The Hall–Kier alpha value is -1.20. The lowest BCUT2D eigenvalue weighted by Gasteiger charge is -1.99. The molecule has 0 amide bonds. The molecule has 0 aliphatic heterocycles. The first-order chi connectivity index (χ1) is 5.83. The molecule has 2 rings (SSSR count). The van der Waals surface area contributed by atoms with Gasteiger partial charge in [0.1, 0.15) is 0 Å². The molecular formula is C7H8N4S. The monoisotopic (exact) mass is 180 g/mol. The largest absolute Gasteiger partial charge is 0.306 e. The first kappa shape index (κ1) is 7.45. The summed E-state index contributed by atoms with van der Waals surface area (Å²) in [6, 6.07) is 2.02. The van der Waals surface area contributed by atoms with Crippen molar-refractivity contribution in [3.8, 4) is 0 Å². The van der Waals surface area contributed by atoms with Crippen LogP contribution in [0.25, 0.3) is 10.1 Å². The second-order valence-corrected chi connectivity index (χ2v) is 3.36. The summed E-state index contributed by atoms with van der Waals surface area (Å²) in [5.74, 6) is 5.92. The predicted octanol–water partition coefficient (Wildman–Crippen LogP) is 1.29. The molecule has 3 N–H and O–H groups in total. The normalized spacial score (nSPS) is 10.5. The molecule has 0 saturated heterocycles. The fourth-order valence-electron chi connectivity index (χ4n) is 1.10. The van der Waals surface area contributed by atoms with Crippen LogP contribution < -0.4 is 11.3 Å². The fourth-order valence-corrected chi connectivity index (χ4v) is 1.99. The van der Waals surface area contributed by atoms with Gasteiger partial charge in [0.15, 0.2) is 5.82 Å². The van der Waals surface area contributed by atoms with Crippen LogP contribution in [0.5, 0.6) is 0 Å². The maximum Gasteiger partial charge on any atom is 0.180 e. The average Bonchev–Trinajstić information content (AvgIpc) is 2.54. The number of aryl methyl sites for hydroxylation is 1. The Morgan fingerprint density at radius 3 is 3.08 bits per heavy atom. The molecule has 0 saturated carbocycles. The molecule has 5 heteroatoms. The third-order valence-electron chi connectivity index (χ3n) is 1.71. The molecule has 2 aromatic heterocycles. The smallest absolute Gasteiger partial charge is 0.180 e. The van der Waals surface area contributed by atoms with E-state index < -0.39 is 0 Å². The first-order valence-electron chi connectivity index (χ1n) is 3.50. The molecule has 0 unspecified atom stereocenters. The Morgan fingerprint density at radius 2 is 2.33 bits per heavy atom. The van der Waals surface area contributed by atoms with Gasteiger partial charge in [-0.05, 0) is 18.4 Å². The molecule has 0 aromatic carbocycles. The number of nitrogen functional groups attached to an aromatic ring is 1. The van der Waals surface area contributed by atoms with Crippen molar-refractivity contribution in [1.82, 2.24) is 10.2 Å². The standard InChI is InChI=1S/C7H8N4S/c1-4-5-2-3-12-6(5)7(9-8)11-10-4/h2-3H,8H2,1H3,(H,9,11). The molecule has 0 fully saturated rings. The van der Waals surface area contributed by atoms with E-state index in [1.807, 2.05) is 18.4 Å². The lowest BCUT2D eigenvalue weighted by molar-refractivity contribution is 0.999. The third-order valence-corrected chi connectivity index (χ3v) is 2.63. The predicted molar refractivity (Wildman–Crippen MR) is 50.0 cm³/mol. The number of anilines is 1. The summed E-state index contributed by atoms with van der Waals surface area (Å²) in [6.45, 7) is 1.93. The molecule has 0 aliphatic carbocycles. The molecule has 12 heavy (non-hydrogen) atoms. The van der Waals surface area contributed by atoms with Crippen molar-refractivity contribution >= 4 is 27.2 Å². The highest BCUT2D eigenvalue weighted by Gasteiger charge is 2.05. The van der Waals surface area contributed by atoms with Crippen molar-refractivity contribution in [3.05, 3.63) is 17.1 Å². The number of aromatic nitrogens is 2. The van der Waals surface area contributed by atoms with Crippen LogP contribution in [0.15, 0.2) is 11.4 Å². The Labute approximate surface area is 73.4 Å². The molecular weight excluding hydrogens is 172 g/mol. The number of nitrogens with one attached hydrogen (secondary N) is 1. The minimum atomic E-state index is 0.644. The van der Waals surface area contributed by atoms with Crippen LogP contribution in [-0.4, -0.2) is 10.2 Å². The van der Waals surface area contributed by atoms with Gasteiger partial charge in [-0.2, -0.15) is 5.10 Å². The first-order valence-corrected chi connectivity index (χ1v) is 4.38. The topological polar surface area (TPSA) is 63.8 Å². The van der Waals surface area contributed by atoms with Gasteiger partial charge in [0.2, 0.25) is 0 Å². The van der Waals surface area contributed by atoms with E-state index in [4.69, 9.17) is 5.84 Å². The van der Waals surface area contributed by atoms with E-state index in [0.29, 0.717) is 5.82 Å². The van der Waals surface area contributed by atoms with E-state index in [2.05, 4.69) is 15.6 Å². The van der Waals surface area contributed by atoms with Crippen LogP contribution in [0.1, 0.15) is 5.69 Å². The van der Waals surface area contributed by atoms with Gasteiger partial charge in [0.25, 0.3) is 0 Å². The Kier molecular flexibility index (Phi) is 1.67. The van der Waals surface area contributed by atoms with Crippen molar-refractivity contribution in [2.45, 2.75) is 6.92 Å². The number of nitrogens with two attached hydrogens (primary N) is 1. The number of fused-ring (bicyclic) bond motifs is 1. The highest BCUT2D eigenvalue weighted by molar-refractivity contribution is 7.17. The number of nitrogens with zero attached hydrogens (tertiary/aromatic N) is 2. The van der Waals surface area contributed by atoms with Crippen LogP contribution in [0, 0.1) is 6.92 Å². The van der Waals surface area contributed by atoms with Crippen LogP contribution >= 0.6 is 11.3 Å². The number of hydrazine groups is 1. The second kappa shape index (κ2) is 2.69. The maximum absolute atomic E-state index is 5.28. The minimum Gasteiger partial charge on any atom is -0.306 e. The van der Waals surface area contributed by atoms with Crippen molar-refractivity contribution in [1.29, 1.82) is 0 Å². The van der Waals surface area contributed by atoms with E-state index in [1.54, 1.807) is 11.3 Å². The summed E-state index contributed by atoms with van der Waals surface area (Å²) in [6.07, 6.45) is 0. The quantitative estimate of drug-likeness (QED) is 0.512. The van der Waals surface area contributed by atoms with Crippen molar-refractivity contribution in [2.75, 3.05) is 5.43 Å². The van der Waals surface area contributed by atoms with Gasteiger partial charge < -0.3 is 5.43 Å². The molecule has 2 aromatic rings. The highest BCUT2D eigenvalue weighted by atomic mass is 32.1. The Balaban J connectivity index is 2.82. The van der Waals surface area contributed by atoms with Crippen molar-refractivity contribution < 1.29 is 0 Å². The van der Waals surface area contributed by atoms with Crippen LogP contribution in [-0.2, 0) is 0 Å². The Morgan fingerprint density at radius 1 is 1.50 bits per heavy atom. The summed E-state index contributed by atoms with van der Waals surface area (Å²) >= 11 is 1.61. The summed E-state index contributed by atoms with van der Waals surface area (Å²) in [7, 11) is 0. The molecule has 0 atom stereocenters. The molecule has 0 radical (unpaired) electrons. The van der Waals surface area contributed by atoms with Gasteiger partial charge >= 0.3 is 0 Å². The zero-order valence-electron chi connectivity index (χ0n) is 6.53. The summed E-state index contributed by atoms with van der Waals surface area (Å²) in [5.41, 5.74) is 3.46. The molecule has 4 nitrogen and oxygen atoms in total. The van der Waals surface area contributed by atoms with E-state index >= 15 is 0 Å². The number of hydrogen-bond donors (Lipinski definition) is 2.